The molecule has 0 fully saturated rings. The van der Waals surface area contributed by atoms with Gasteiger partial charge in [-0.25, -0.2) is 4.68 Å². The van der Waals surface area contributed by atoms with Crippen LogP contribution in [0.5, 0.6) is 5.75 Å². The summed E-state index contributed by atoms with van der Waals surface area (Å²) < 4.78 is 6.50. The fourth-order valence-corrected chi connectivity index (χ4v) is 2.24. The second-order valence-corrected chi connectivity index (χ2v) is 5.48. The lowest BCUT2D eigenvalue weighted by atomic mass is 9.96. The van der Waals surface area contributed by atoms with E-state index < -0.39 is 0 Å². The summed E-state index contributed by atoms with van der Waals surface area (Å²) in [6.07, 6.45) is 1.44. The highest BCUT2D eigenvalue weighted by atomic mass is 16.5. The van der Waals surface area contributed by atoms with Gasteiger partial charge in [-0.3, -0.25) is 4.79 Å². The second kappa shape index (κ2) is 7.40. The lowest BCUT2D eigenvalue weighted by Crippen LogP contribution is -2.34. The molecule has 0 aliphatic heterocycles. The van der Waals surface area contributed by atoms with Crippen LogP contribution >= 0.6 is 0 Å². The Labute approximate surface area is 134 Å². The fraction of sp³-hybridized carbons (Fsp3) is 0.375. The van der Waals surface area contributed by atoms with Gasteiger partial charge in [0.2, 0.25) is 5.91 Å². The molecular formula is C16H19N5O2. The van der Waals surface area contributed by atoms with Crippen LogP contribution in [0.4, 0.5) is 0 Å². The number of rotatable bonds is 6. The number of aromatic nitrogens is 3. The molecule has 0 saturated carbocycles. The van der Waals surface area contributed by atoms with E-state index in [1.165, 1.54) is 10.9 Å². The molecule has 0 aliphatic carbocycles. The number of carbonyl (C=O) groups is 1. The Hall–Kier alpha value is -2.88. The average Bonchev–Trinajstić information content (AvgIpc) is 3.00. The number of ether oxygens (including phenoxy) is 1. The Kier molecular flexibility index (Phi) is 5.31. The Morgan fingerprint density at radius 2 is 2.09 bits per heavy atom. The smallest absolute Gasteiger partial charge is 0.242 e. The first kappa shape index (κ1) is 16.5. The first-order valence-corrected chi connectivity index (χ1v) is 7.27. The van der Waals surface area contributed by atoms with Gasteiger partial charge in [-0.1, -0.05) is 31.2 Å². The number of amides is 1. The van der Waals surface area contributed by atoms with Crippen molar-refractivity contribution < 1.29 is 9.53 Å². The van der Waals surface area contributed by atoms with Crippen molar-refractivity contribution in [1.29, 1.82) is 5.26 Å². The van der Waals surface area contributed by atoms with Crippen molar-refractivity contribution in [1.82, 2.24) is 20.3 Å². The van der Waals surface area contributed by atoms with Gasteiger partial charge in [-0.15, -0.1) is 5.10 Å². The largest absolute Gasteiger partial charge is 0.497 e. The quantitative estimate of drug-likeness (QED) is 0.875. The molecule has 23 heavy (non-hydrogen) atoms. The summed E-state index contributed by atoms with van der Waals surface area (Å²) in [5.41, 5.74) is 1.19. The van der Waals surface area contributed by atoms with Crippen molar-refractivity contribution in [2.24, 2.45) is 5.92 Å². The maximum absolute atomic E-state index is 12.2. The zero-order valence-electron chi connectivity index (χ0n) is 13.4. The molecular weight excluding hydrogens is 294 g/mol. The molecule has 2 aromatic rings. The molecule has 0 aliphatic rings. The zero-order chi connectivity index (χ0) is 16.8. The van der Waals surface area contributed by atoms with Crippen molar-refractivity contribution in [3.63, 3.8) is 0 Å². The van der Waals surface area contributed by atoms with Gasteiger partial charge in [0.05, 0.1) is 19.3 Å². The number of hydrogen-bond donors (Lipinski definition) is 1. The van der Waals surface area contributed by atoms with E-state index in [1.54, 1.807) is 7.11 Å². The van der Waals surface area contributed by atoms with Crippen molar-refractivity contribution in [2.45, 2.75) is 26.4 Å². The molecule has 1 unspecified atom stereocenters. The van der Waals surface area contributed by atoms with Gasteiger partial charge in [0.15, 0.2) is 5.69 Å². The Morgan fingerprint density at radius 3 is 2.61 bits per heavy atom. The van der Waals surface area contributed by atoms with Crippen LogP contribution < -0.4 is 10.1 Å². The fourth-order valence-electron chi connectivity index (χ4n) is 2.24. The van der Waals surface area contributed by atoms with Crippen LogP contribution in [0.15, 0.2) is 30.5 Å². The summed E-state index contributed by atoms with van der Waals surface area (Å²) in [7, 11) is 1.62. The molecule has 1 N–H and O–H groups in total. The highest BCUT2D eigenvalue weighted by Gasteiger charge is 2.19. The molecule has 0 spiro atoms. The number of hydrogen-bond acceptors (Lipinski definition) is 5. The zero-order valence-corrected chi connectivity index (χ0v) is 13.4. The van der Waals surface area contributed by atoms with Gasteiger partial charge in [-0.05, 0) is 23.6 Å². The minimum atomic E-state index is -0.186. The average molecular weight is 313 g/mol. The first-order valence-electron chi connectivity index (χ1n) is 7.27. The monoisotopic (exact) mass is 313 g/mol. The molecule has 1 aromatic heterocycles. The summed E-state index contributed by atoms with van der Waals surface area (Å²) >= 11 is 0. The number of nitrogens with zero attached hydrogens (tertiary/aromatic N) is 4. The van der Waals surface area contributed by atoms with Gasteiger partial charge in [0.1, 0.15) is 18.4 Å². The molecule has 7 nitrogen and oxygen atoms in total. The number of nitriles is 1. The second-order valence-electron chi connectivity index (χ2n) is 5.48. The van der Waals surface area contributed by atoms with E-state index in [2.05, 4.69) is 15.6 Å². The summed E-state index contributed by atoms with van der Waals surface area (Å²) in [6, 6.07) is 9.37. The predicted molar refractivity (Wildman–Crippen MR) is 83.5 cm³/mol. The van der Waals surface area contributed by atoms with E-state index >= 15 is 0 Å². The van der Waals surface area contributed by atoms with E-state index in [0.717, 1.165) is 11.3 Å². The summed E-state index contributed by atoms with van der Waals surface area (Å²) in [5.74, 6) is 0.806. The Bertz CT molecular complexity index is 700. The minimum Gasteiger partial charge on any atom is -0.497 e. The maximum Gasteiger partial charge on any atom is 0.242 e. The number of carbonyl (C=O) groups excluding carboxylic acids is 1. The molecule has 2 rings (SSSR count). The Balaban J connectivity index is 2.06. The van der Waals surface area contributed by atoms with Crippen molar-refractivity contribution in [2.75, 3.05) is 7.11 Å². The van der Waals surface area contributed by atoms with E-state index in [4.69, 9.17) is 10.00 Å². The van der Waals surface area contributed by atoms with E-state index in [1.807, 2.05) is 44.2 Å². The van der Waals surface area contributed by atoms with Gasteiger partial charge in [0, 0.05) is 0 Å². The predicted octanol–water partition coefficient (Wildman–Crippen LogP) is 1.67. The highest BCUT2D eigenvalue weighted by molar-refractivity contribution is 5.76. The van der Waals surface area contributed by atoms with Crippen LogP contribution in [0.2, 0.25) is 0 Å². The third kappa shape index (κ3) is 4.30. The van der Waals surface area contributed by atoms with Crippen molar-refractivity contribution in [3.05, 3.63) is 41.7 Å². The van der Waals surface area contributed by atoms with E-state index in [-0.39, 0.29) is 30.1 Å². The Morgan fingerprint density at radius 1 is 1.39 bits per heavy atom. The number of methoxy groups -OCH3 is 1. The number of benzene rings is 1. The van der Waals surface area contributed by atoms with Gasteiger partial charge < -0.3 is 10.1 Å². The molecule has 1 atom stereocenters. The van der Waals surface area contributed by atoms with Crippen LogP contribution in [0.25, 0.3) is 0 Å². The molecule has 120 valence electrons. The molecule has 0 bridgehead atoms. The first-order chi connectivity index (χ1) is 11.0. The van der Waals surface area contributed by atoms with Gasteiger partial charge in [0.25, 0.3) is 0 Å². The van der Waals surface area contributed by atoms with Crippen LogP contribution in [-0.2, 0) is 11.3 Å². The van der Waals surface area contributed by atoms with E-state index in [0.29, 0.717) is 0 Å². The van der Waals surface area contributed by atoms with Gasteiger partial charge in [-0.2, -0.15) is 5.26 Å². The third-order valence-electron chi connectivity index (χ3n) is 3.42. The SMILES string of the molecule is COc1ccc(C(NC(=O)Cn2cc(C#N)nn2)C(C)C)cc1. The summed E-state index contributed by atoms with van der Waals surface area (Å²) in [5, 5.41) is 19.1. The lowest BCUT2D eigenvalue weighted by molar-refractivity contribution is -0.123. The van der Waals surface area contributed by atoms with Crippen LogP contribution in [0.1, 0.15) is 31.1 Å². The maximum atomic E-state index is 12.2. The minimum absolute atomic E-state index is 0.0219. The summed E-state index contributed by atoms with van der Waals surface area (Å²) in [4.78, 5) is 12.2. The molecule has 0 saturated heterocycles. The highest BCUT2D eigenvalue weighted by Crippen LogP contribution is 2.23. The van der Waals surface area contributed by atoms with Crippen LogP contribution in [0.3, 0.4) is 0 Å². The third-order valence-corrected chi connectivity index (χ3v) is 3.42. The van der Waals surface area contributed by atoms with Crippen molar-refractivity contribution in [3.8, 4) is 11.8 Å². The molecule has 1 heterocycles. The lowest BCUT2D eigenvalue weighted by Gasteiger charge is -2.23. The van der Waals surface area contributed by atoms with Crippen LogP contribution in [0, 0.1) is 17.2 Å². The number of nitrogens with one attached hydrogen (secondary N) is 1. The topological polar surface area (TPSA) is 92.8 Å². The van der Waals surface area contributed by atoms with Crippen molar-refractivity contribution >= 4 is 5.91 Å². The van der Waals surface area contributed by atoms with Gasteiger partial charge >= 0.3 is 0 Å². The normalized spacial score (nSPS) is 11.8. The van der Waals surface area contributed by atoms with E-state index in [9.17, 15) is 4.79 Å². The molecule has 1 amide bonds. The summed E-state index contributed by atoms with van der Waals surface area (Å²) in [6.45, 7) is 4.10. The molecule has 1 aromatic carbocycles. The molecule has 0 radical (unpaired) electrons. The van der Waals surface area contributed by atoms with Crippen LogP contribution in [-0.4, -0.2) is 28.0 Å². The standard InChI is InChI=1S/C16H19N5O2/c1-11(2)16(12-4-6-14(23-3)7-5-12)18-15(22)10-21-9-13(8-17)19-20-21/h4-7,9,11,16H,10H2,1-3H3,(H,18,22). The molecule has 7 heteroatoms.